The second-order valence-corrected chi connectivity index (χ2v) is 8.26. The van der Waals surface area contributed by atoms with E-state index >= 15 is 0 Å². The van der Waals surface area contributed by atoms with Crippen LogP contribution in [0.1, 0.15) is 16.1 Å². The van der Waals surface area contributed by atoms with E-state index in [0.717, 1.165) is 6.20 Å². The van der Waals surface area contributed by atoms with Crippen molar-refractivity contribution in [3.63, 3.8) is 0 Å². The number of methoxy groups -OCH3 is 1. The summed E-state index contributed by atoms with van der Waals surface area (Å²) in [5.41, 5.74) is -2.07. The predicted octanol–water partition coefficient (Wildman–Crippen LogP) is 2.12. The molecule has 11 nitrogen and oxygen atoms in total. The minimum absolute atomic E-state index is 0.0594. The molecule has 1 N–H and O–H groups in total. The summed E-state index contributed by atoms with van der Waals surface area (Å²) >= 11 is 0. The minimum Gasteiger partial charge on any atom is -0.480 e. The highest BCUT2D eigenvalue weighted by Gasteiger charge is 2.41. The third kappa shape index (κ3) is 4.94. The number of sulfonamides is 1. The second-order valence-electron chi connectivity index (χ2n) is 6.33. The van der Waals surface area contributed by atoms with Gasteiger partial charge in [0.25, 0.3) is 15.9 Å². The molecular formula is C18H17F3N6O5S. The number of alkyl halides is 3. The number of hydrogen-bond acceptors (Lipinski definition) is 8. The molecule has 0 bridgehead atoms. The van der Waals surface area contributed by atoms with E-state index in [9.17, 15) is 26.4 Å². The van der Waals surface area contributed by atoms with Crippen LogP contribution in [0.4, 0.5) is 18.9 Å². The first-order valence-corrected chi connectivity index (χ1v) is 10.4. The number of aromatic nitrogens is 4. The van der Waals surface area contributed by atoms with Gasteiger partial charge in [-0.3, -0.25) is 9.63 Å². The molecule has 2 aromatic heterocycles. The van der Waals surface area contributed by atoms with Crippen LogP contribution in [-0.2, 0) is 21.0 Å². The van der Waals surface area contributed by atoms with Crippen LogP contribution in [-0.4, -0.2) is 60.0 Å². The maximum absolute atomic E-state index is 13.8. The Morgan fingerprint density at radius 2 is 1.76 bits per heavy atom. The molecule has 1 amide bonds. The smallest absolute Gasteiger partial charge is 0.434 e. The maximum atomic E-state index is 13.8. The van der Waals surface area contributed by atoms with Gasteiger partial charge in [0.05, 0.1) is 30.9 Å². The Morgan fingerprint density at radius 3 is 2.27 bits per heavy atom. The first kappa shape index (κ1) is 24.1. The molecule has 0 saturated heterocycles. The number of ether oxygens (including phenoxy) is 1. The van der Waals surface area contributed by atoms with Gasteiger partial charge in [0.1, 0.15) is 0 Å². The molecule has 0 unspecified atom stereocenters. The molecule has 176 valence electrons. The summed E-state index contributed by atoms with van der Waals surface area (Å²) in [7, 11) is -0.254. The normalized spacial score (nSPS) is 12.1. The molecule has 0 saturated carbocycles. The molecule has 0 atom stereocenters. The van der Waals surface area contributed by atoms with E-state index in [2.05, 4.69) is 25.5 Å². The van der Waals surface area contributed by atoms with E-state index in [-0.39, 0.29) is 22.3 Å². The van der Waals surface area contributed by atoms with E-state index < -0.39 is 33.4 Å². The Morgan fingerprint density at radius 1 is 1.09 bits per heavy atom. The third-order valence-electron chi connectivity index (χ3n) is 4.34. The molecule has 0 fully saturated rings. The average Bonchev–Trinajstić information content (AvgIpc) is 3.25. The zero-order valence-corrected chi connectivity index (χ0v) is 18.2. The highest BCUT2D eigenvalue weighted by molar-refractivity contribution is 7.89. The average molecular weight is 486 g/mol. The lowest BCUT2D eigenvalue weighted by Gasteiger charge is -2.14. The summed E-state index contributed by atoms with van der Waals surface area (Å²) < 4.78 is 71.6. The number of hydrogen-bond donors (Lipinski definition) is 1. The molecule has 0 spiro atoms. The number of nitrogens with zero attached hydrogens (tertiary/aromatic N) is 5. The van der Waals surface area contributed by atoms with E-state index in [1.165, 1.54) is 57.7 Å². The largest absolute Gasteiger partial charge is 0.480 e. The molecule has 3 aromatic rings. The Hall–Kier alpha value is -3.56. The molecular weight excluding hydrogens is 469 g/mol. The second kappa shape index (κ2) is 9.13. The van der Waals surface area contributed by atoms with Crippen molar-refractivity contribution >= 4 is 21.6 Å². The van der Waals surface area contributed by atoms with Gasteiger partial charge in [-0.1, -0.05) is 4.47 Å². The number of nitrogens with one attached hydrogen (secondary N) is 1. The first-order valence-electron chi connectivity index (χ1n) is 8.96. The number of benzene rings is 1. The van der Waals surface area contributed by atoms with Gasteiger partial charge >= 0.3 is 6.18 Å². The van der Waals surface area contributed by atoms with E-state index in [0.29, 0.717) is 9.15 Å². The Balaban J connectivity index is 1.90. The van der Waals surface area contributed by atoms with Gasteiger partial charge in [-0.2, -0.15) is 18.3 Å². The van der Waals surface area contributed by atoms with E-state index in [1.54, 1.807) is 0 Å². The van der Waals surface area contributed by atoms with Gasteiger partial charge in [0.2, 0.25) is 5.88 Å². The van der Waals surface area contributed by atoms with Crippen LogP contribution in [0.3, 0.4) is 0 Å². The van der Waals surface area contributed by atoms with Crippen molar-refractivity contribution in [2.75, 3.05) is 26.6 Å². The molecule has 33 heavy (non-hydrogen) atoms. The van der Waals surface area contributed by atoms with Gasteiger partial charge in [-0.15, -0.1) is 10.2 Å². The number of carbonyl (C=O) groups excluding carboxylic acids is 1. The quantitative estimate of drug-likeness (QED) is 0.503. The molecule has 15 heteroatoms. The first-order chi connectivity index (χ1) is 15.5. The molecule has 0 aliphatic rings. The standard InChI is InChI=1S/C18H17F3N6O5S/c1-26(32-3)33(29,30)12-6-4-11(5-7-12)23-17(28)13-10-22-27(16(13)18(19,20)21)14-8-9-15(31-2)25-24-14/h4-10H,1-3H3,(H,23,28). The lowest BCUT2D eigenvalue weighted by Crippen LogP contribution is -2.25. The van der Waals surface area contributed by atoms with Crippen molar-refractivity contribution in [1.82, 2.24) is 24.4 Å². The van der Waals surface area contributed by atoms with E-state index in [4.69, 9.17) is 4.74 Å². The number of anilines is 1. The van der Waals surface area contributed by atoms with Gasteiger partial charge < -0.3 is 10.1 Å². The molecule has 3 rings (SSSR count). The number of amides is 1. The van der Waals surface area contributed by atoms with Crippen molar-refractivity contribution in [1.29, 1.82) is 0 Å². The van der Waals surface area contributed by atoms with Crippen LogP contribution in [0.25, 0.3) is 5.82 Å². The van der Waals surface area contributed by atoms with Crippen LogP contribution in [0.5, 0.6) is 5.88 Å². The Bertz CT molecular complexity index is 1240. The monoisotopic (exact) mass is 486 g/mol. The maximum Gasteiger partial charge on any atom is 0.434 e. The topological polar surface area (TPSA) is 129 Å². The number of carbonyl (C=O) groups is 1. The van der Waals surface area contributed by atoms with Crippen molar-refractivity contribution in [3.8, 4) is 11.7 Å². The van der Waals surface area contributed by atoms with Crippen LogP contribution in [0, 0.1) is 0 Å². The highest BCUT2D eigenvalue weighted by Crippen LogP contribution is 2.33. The van der Waals surface area contributed by atoms with Crippen molar-refractivity contribution in [2.24, 2.45) is 0 Å². The zero-order valence-electron chi connectivity index (χ0n) is 17.4. The molecule has 0 aliphatic carbocycles. The van der Waals surface area contributed by atoms with Crippen LogP contribution in [0.15, 0.2) is 47.5 Å². The van der Waals surface area contributed by atoms with Crippen molar-refractivity contribution < 1.29 is 36.0 Å². The van der Waals surface area contributed by atoms with E-state index in [1.807, 2.05) is 0 Å². The lowest BCUT2D eigenvalue weighted by atomic mass is 10.2. The molecule has 2 heterocycles. The van der Waals surface area contributed by atoms with Crippen LogP contribution < -0.4 is 10.1 Å². The molecule has 0 radical (unpaired) electrons. The molecule has 0 aliphatic heterocycles. The number of halogens is 3. The summed E-state index contributed by atoms with van der Waals surface area (Å²) in [5.74, 6) is -1.31. The molecule has 1 aromatic carbocycles. The zero-order chi connectivity index (χ0) is 24.4. The Kier molecular flexibility index (Phi) is 6.66. The van der Waals surface area contributed by atoms with Gasteiger partial charge in [-0.25, -0.2) is 13.1 Å². The summed E-state index contributed by atoms with van der Waals surface area (Å²) in [6, 6.07) is 7.28. The number of rotatable bonds is 7. The van der Waals surface area contributed by atoms with Crippen LogP contribution in [0.2, 0.25) is 0 Å². The fraction of sp³-hybridized carbons (Fsp3) is 0.222. The Labute approximate surface area is 185 Å². The van der Waals surface area contributed by atoms with Gasteiger partial charge in [-0.05, 0) is 30.3 Å². The van der Waals surface area contributed by atoms with Crippen molar-refractivity contribution in [3.05, 3.63) is 53.9 Å². The van der Waals surface area contributed by atoms with Crippen LogP contribution >= 0.6 is 0 Å². The third-order valence-corrected chi connectivity index (χ3v) is 6.03. The predicted molar refractivity (Wildman–Crippen MR) is 107 cm³/mol. The fourth-order valence-electron chi connectivity index (χ4n) is 2.65. The van der Waals surface area contributed by atoms with Gasteiger partial charge in [0, 0.05) is 18.8 Å². The summed E-state index contributed by atoms with van der Waals surface area (Å²) in [6.45, 7) is 0. The number of hydroxylamine groups is 1. The fourth-order valence-corrected chi connectivity index (χ4v) is 3.62. The SMILES string of the molecule is COc1ccc(-n2ncc(C(=O)Nc3ccc(S(=O)(=O)N(C)OC)cc3)c2C(F)(F)F)nn1. The summed E-state index contributed by atoms with van der Waals surface area (Å²) in [4.78, 5) is 17.1. The van der Waals surface area contributed by atoms with Gasteiger partial charge in [0.15, 0.2) is 11.5 Å². The summed E-state index contributed by atoms with van der Waals surface area (Å²) in [6.07, 6.45) is -4.20. The van der Waals surface area contributed by atoms with Crippen molar-refractivity contribution in [2.45, 2.75) is 11.1 Å². The highest BCUT2D eigenvalue weighted by atomic mass is 32.2. The minimum atomic E-state index is -4.95. The lowest BCUT2D eigenvalue weighted by molar-refractivity contribution is -0.143. The summed E-state index contributed by atoms with van der Waals surface area (Å²) in [5, 5.41) is 13.2.